The number of guanidine groups is 1. The molecule has 0 atom stereocenters. The second-order valence-corrected chi connectivity index (χ2v) is 4.13. The number of aromatic nitrogens is 2. The summed E-state index contributed by atoms with van der Waals surface area (Å²) in [5.41, 5.74) is 8.24. The third-order valence-corrected chi connectivity index (χ3v) is 2.84. The monoisotopic (exact) mass is 251 g/mol. The maximum Gasteiger partial charge on any atom is 0.215 e. The lowest BCUT2D eigenvalue weighted by atomic mass is 10.3. The fourth-order valence-corrected chi connectivity index (χ4v) is 2.00. The summed E-state index contributed by atoms with van der Waals surface area (Å²) in [6.45, 7) is 0. The summed E-state index contributed by atoms with van der Waals surface area (Å²) in [7, 11) is 0. The van der Waals surface area contributed by atoms with Crippen LogP contribution < -0.4 is 10.6 Å². The number of nitrogens with two attached hydrogens (primary N) is 1. The van der Waals surface area contributed by atoms with Gasteiger partial charge in [0, 0.05) is 0 Å². The van der Waals surface area contributed by atoms with Crippen LogP contribution in [0.5, 0.6) is 0 Å². The summed E-state index contributed by atoms with van der Waals surface area (Å²) in [5.74, 6) is 0.463. The van der Waals surface area contributed by atoms with E-state index in [0.29, 0.717) is 5.95 Å². The average molecular weight is 251 g/mol. The average Bonchev–Trinajstić information content (AvgIpc) is 2.82. The number of hydrogen-bond acceptors (Lipinski definition) is 2. The summed E-state index contributed by atoms with van der Waals surface area (Å²) < 4.78 is 0. The van der Waals surface area contributed by atoms with Gasteiger partial charge in [0.05, 0.1) is 16.7 Å². The Morgan fingerprint density at radius 2 is 1.74 bits per heavy atom. The van der Waals surface area contributed by atoms with Gasteiger partial charge in [0.1, 0.15) is 0 Å². The van der Waals surface area contributed by atoms with Crippen LogP contribution in [0, 0.1) is 5.41 Å². The van der Waals surface area contributed by atoms with Crippen molar-refractivity contribution in [2.75, 3.05) is 4.90 Å². The fraction of sp³-hybridized carbons (Fsp3) is 0. The molecule has 0 unspecified atom stereocenters. The van der Waals surface area contributed by atoms with Crippen LogP contribution in [0.1, 0.15) is 0 Å². The zero-order chi connectivity index (χ0) is 13.2. The molecule has 0 fully saturated rings. The Morgan fingerprint density at radius 1 is 1.05 bits per heavy atom. The summed E-state index contributed by atoms with van der Waals surface area (Å²) in [6.07, 6.45) is 0. The van der Waals surface area contributed by atoms with Crippen molar-refractivity contribution < 1.29 is 0 Å². The van der Waals surface area contributed by atoms with E-state index in [1.807, 2.05) is 54.6 Å². The lowest BCUT2D eigenvalue weighted by Gasteiger charge is -2.19. The Bertz CT molecular complexity index is 684. The Hall–Kier alpha value is -2.82. The van der Waals surface area contributed by atoms with Crippen molar-refractivity contribution in [2.45, 2.75) is 0 Å². The SMILES string of the molecule is N=C(N)N(c1ccccc1)c1nc2ccccc2[nH]1. The summed E-state index contributed by atoms with van der Waals surface area (Å²) in [5, 5.41) is 7.74. The number of fused-ring (bicyclic) bond motifs is 1. The Kier molecular flexibility index (Phi) is 2.64. The highest BCUT2D eigenvalue weighted by atomic mass is 15.3. The molecule has 0 spiro atoms. The van der Waals surface area contributed by atoms with Gasteiger partial charge in [-0.25, -0.2) is 4.98 Å². The molecule has 0 aliphatic heterocycles. The third-order valence-electron chi connectivity index (χ3n) is 2.84. The second-order valence-electron chi connectivity index (χ2n) is 4.13. The minimum Gasteiger partial charge on any atom is -0.369 e. The number of benzene rings is 2. The number of nitrogens with zero attached hydrogens (tertiary/aromatic N) is 2. The van der Waals surface area contributed by atoms with E-state index in [9.17, 15) is 0 Å². The maximum atomic E-state index is 7.74. The first-order chi connectivity index (χ1) is 9.25. The molecule has 0 bridgehead atoms. The van der Waals surface area contributed by atoms with Crippen LogP contribution in [0.4, 0.5) is 11.6 Å². The zero-order valence-corrected chi connectivity index (χ0v) is 10.2. The first-order valence-corrected chi connectivity index (χ1v) is 5.89. The van der Waals surface area contributed by atoms with Gasteiger partial charge < -0.3 is 10.7 Å². The molecule has 3 aromatic rings. The molecule has 0 aliphatic carbocycles. The molecule has 0 saturated carbocycles. The lowest BCUT2D eigenvalue weighted by Crippen LogP contribution is -2.33. The molecular weight excluding hydrogens is 238 g/mol. The number of aromatic amines is 1. The molecule has 4 N–H and O–H groups in total. The third kappa shape index (κ3) is 2.01. The molecule has 3 rings (SSSR count). The van der Waals surface area contributed by atoms with Crippen LogP contribution in [0.3, 0.4) is 0 Å². The van der Waals surface area contributed by atoms with Gasteiger partial charge >= 0.3 is 0 Å². The second kappa shape index (κ2) is 4.45. The van der Waals surface area contributed by atoms with Crippen molar-refractivity contribution >= 4 is 28.6 Å². The number of hydrogen-bond donors (Lipinski definition) is 3. The number of para-hydroxylation sites is 3. The molecular formula is C14H13N5. The number of imidazole rings is 1. The normalized spacial score (nSPS) is 10.5. The minimum absolute atomic E-state index is 0.0785. The van der Waals surface area contributed by atoms with Crippen molar-refractivity contribution in [2.24, 2.45) is 5.73 Å². The van der Waals surface area contributed by atoms with Gasteiger partial charge in [-0.15, -0.1) is 0 Å². The molecule has 94 valence electrons. The maximum absolute atomic E-state index is 7.74. The van der Waals surface area contributed by atoms with Crippen LogP contribution in [0.2, 0.25) is 0 Å². The highest BCUT2D eigenvalue weighted by Gasteiger charge is 2.15. The Morgan fingerprint density at radius 3 is 2.42 bits per heavy atom. The predicted molar refractivity (Wildman–Crippen MR) is 76.6 cm³/mol. The molecule has 0 amide bonds. The summed E-state index contributed by atoms with van der Waals surface area (Å²) >= 11 is 0. The minimum atomic E-state index is -0.0785. The molecule has 5 heteroatoms. The van der Waals surface area contributed by atoms with Gasteiger partial charge in [-0.1, -0.05) is 30.3 Å². The van der Waals surface area contributed by atoms with Gasteiger partial charge in [-0.05, 0) is 24.3 Å². The lowest BCUT2D eigenvalue weighted by molar-refractivity contribution is 1.16. The van der Waals surface area contributed by atoms with E-state index < -0.39 is 0 Å². The van der Waals surface area contributed by atoms with Gasteiger partial charge in [0.2, 0.25) is 5.95 Å². The number of H-pyrrole nitrogens is 1. The number of nitrogens with one attached hydrogen (secondary N) is 2. The molecule has 0 aliphatic rings. The van der Waals surface area contributed by atoms with E-state index in [1.54, 1.807) is 4.90 Å². The highest BCUT2D eigenvalue weighted by molar-refractivity contribution is 5.99. The Labute approximate surface area is 110 Å². The van der Waals surface area contributed by atoms with Crippen LogP contribution in [0.25, 0.3) is 11.0 Å². The molecule has 1 aromatic heterocycles. The highest BCUT2D eigenvalue weighted by Crippen LogP contribution is 2.24. The molecule has 5 nitrogen and oxygen atoms in total. The van der Waals surface area contributed by atoms with Gasteiger partial charge in [-0.2, -0.15) is 0 Å². The van der Waals surface area contributed by atoms with Crippen molar-refractivity contribution in [3.63, 3.8) is 0 Å². The van der Waals surface area contributed by atoms with Gasteiger partial charge in [0.25, 0.3) is 0 Å². The summed E-state index contributed by atoms with van der Waals surface area (Å²) in [4.78, 5) is 9.20. The molecule has 1 heterocycles. The van der Waals surface area contributed by atoms with Gasteiger partial charge in [0.15, 0.2) is 5.96 Å². The number of anilines is 2. The van der Waals surface area contributed by atoms with Gasteiger partial charge in [-0.3, -0.25) is 10.3 Å². The standard InChI is InChI=1S/C14H13N5/c15-13(16)19(10-6-2-1-3-7-10)14-17-11-8-4-5-9-12(11)18-14/h1-9H,(H3,15,16)(H,17,18). The first kappa shape index (κ1) is 11.3. The van der Waals surface area contributed by atoms with Crippen LogP contribution in [-0.4, -0.2) is 15.9 Å². The molecule has 0 radical (unpaired) electrons. The first-order valence-electron chi connectivity index (χ1n) is 5.89. The van der Waals surface area contributed by atoms with Crippen LogP contribution in [0.15, 0.2) is 54.6 Å². The smallest absolute Gasteiger partial charge is 0.215 e. The van der Waals surface area contributed by atoms with Crippen molar-refractivity contribution in [3.05, 3.63) is 54.6 Å². The topological polar surface area (TPSA) is 81.8 Å². The number of rotatable bonds is 2. The molecule has 19 heavy (non-hydrogen) atoms. The molecule has 0 saturated heterocycles. The van der Waals surface area contributed by atoms with Crippen molar-refractivity contribution in [1.29, 1.82) is 5.41 Å². The van der Waals surface area contributed by atoms with E-state index in [2.05, 4.69) is 9.97 Å². The predicted octanol–water partition coefficient (Wildman–Crippen LogP) is 2.59. The van der Waals surface area contributed by atoms with E-state index in [-0.39, 0.29) is 5.96 Å². The van der Waals surface area contributed by atoms with E-state index in [1.165, 1.54) is 0 Å². The van der Waals surface area contributed by atoms with E-state index in [4.69, 9.17) is 11.1 Å². The Balaban J connectivity index is 2.12. The van der Waals surface area contributed by atoms with Crippen LogP contribution in [-0.2, 0) is 0 Å². The van der Waals surface area contributed by atoms with Crippen molar-refractivity contribution in [3.8, 4) is 0 Å². The summed E-state index contributed by atoms with van der Waals surface area (Å²) in [6, 6.07) is 17.2. The quantitative estimate of drug-likeness (QED) is 0.483. The van der Waals surface area contributed by atoms with E-state index >= 15 is 0 Å². The largest absolute Gasteiger partial charge is 0.369 e. The zero-order valence-electron chi connectivity index (χ0n) is 10.2. The van der Waals surface area contributed by atoms with E-state index in [0.717, 1.165) is 16.7 Å². The van der Waals surface area contributed by atoms with Crippen LogP contribution >= 0.6 is 0 Å². The van der Waals surface area contributed by atoms with Crippen molar-refractivity contribution in [1.82, 2.24) is 9.97 Å². The fourth-order valence-electron chi connectivity index (χ4n) is 2.00. The molecule has 2 aromatic carbocycles.